The van der Waals surface area contributed by atoms with E-state index in [1.807, 2.05) is 0 Å². The Hall–Kier alpha value is -0.370. The molecule has 1 aliphatic rings. The fraction of sp³-hybridized carbons (Fsp3) is 0.929. The van der Waals surface area contributed by atoms with E-state index in [1.165, 1.54) is 19.3 Å². The molecule has 2 unspecified atom stereocenters. The second-order valence-electron chi connectivity index (χ2n) is 5.41. The predicted octanol–water partition coefficient (Wildman–Crippen LogP) is 3.30. The highest BCUT2D eigenvalue weighted by atomic mass is 16.1. The summed E-state index contributed by atoms with van der Waals surface area (Å²) < 4.78 is 0. The molecule has 0 aromatic rings. The molecule has 1 aliphatic heterocycles. The van der Waals surface area contributed by atoms with Crippen molar-refractivity contribution in [3.8, 4) is 0 Å². The van der Waals surface area contributed by atoms with Crippen LogP contribution in [-0.4, -0.2) is 17.9 Å². The quantitative estimate of drug-likeness (QED) is 0.720. The van der Waals surface area contributed by atoms with Crippen LogP contribution < -0.4 is 5.32 Å². The first-order valence-electron chi connectivity index (χ1n) is 6.90. The summed E-state index contributed by atoms with van der Waals surface area (Å²) in [6.45, 7) is 7.51. The number of rotatable bonds is 7. The third-order valence-corrected chi connectivity index (χ3v) is 4.00. The van der Waals surface area contributed by atoms with E-state index in [1.54, 1.807) is 0 Å². The van der Waals surface area contributed by atoms with E-state index in [0.29, 0.717) is 11.7 Å². The Morgan fingerprint density at radius 3 is 2.69 bits per heavy atom. The van der Waals surface area contributed by atoms with E-state index in [4.69, 9.17) is 0 Å². The molecule has 94 valence electrons. The van der Waals surface area contributed by atoms with E-state index in [0.717, 1.165) is 32.2 Å². The summed E-state index contributed by atoms with van der Waals surface area (Å²) in [5.41, 5.74) is -0.209. The minimum Gasteiger partial charge on any atom is -0.305 e. The predicted molar refractivity (Wildman–Crippen MR) is 68.6 cm³/mol. The molecule has 1 N–H and O–H groups in total. The van der Waals surface area contributed by atoms with Crippen LogP contribution in [0.25, 0.3) is 0 Å². The molecule has 0 bridgehead atoms. The first kappa shape index (κ1) is 13.7. The maximum atomic E-state index is 12.2. The minimum atomic E-state index is -0.209. The van der Waals surface area contributed by atoms with Gasteiger partial charge in [0.25, 0.3) is 0 Å². The Kier molecular flexibility index (Phi) is 5.47. The second-order valence-corrected chi connectivity index (χ2v) is 5.41. The lowest BCUT2D eigenvalue weighted by Crippen LogP contribution is -2.45. The number of hydrogen-bond donors (Lipinski definition) is 1. The number of nitrogens with one attached hydrogen (secondary N) is 1. The summed E-state index contributed by atoms with van der Waals surface area (Å²) in [5, 5.41) is 3.37. The number of carbonyl (C=O) groups is 1. The molecule has 1 fully saturated rings. The number of unbranched alkanes of at least 4 members (excludes halogenated alkanes) is 1. The van der Waals surface area contributed by atoms with Crippen molar-refractivity contribution in [2.24, 2.45) is 5.92 Å². The summed E-state index contributed by atoms with van der Waals surface area (Å²) in [5.74, 6) is 1.04. The highest BCUT2D eigenvalue weighted by molar-refractivity contribution is 5.88. The van der Waals surface area contributed by atoms with Crippen LogP contribution in [0.5, 0.6) is 0 Å². The monoisotopic (exact) mass is 225 g/mol. The number of hydrogen-bond acceptors (Lipinski definition) is 2. The van der Waals surface area contributed by atoms with Crippen molar-refractivity contribution >= 4 is 5.78 Å². The maximum absolute atomic E-state index is 12.2. The fourth-order valence-corrected chi connectivity index (χ4v) is 2.56. The van der Waals surface area contributed by atoms with Gasteiger partial charge in [-0.2, -0.15) is 0 Å². The molecule has 0 aromatic carbocycles. The van der Waals surface area contributed by atoms with E-state index in [9.17, 15) is 4.79 Å². The van der Waals surface area contributed by atoms with E-state index < -0.39 is 0 Å². The normalized spacial score (nSPS) is 26.9. The molecular weight excluding hydrogens is 198 g/mol. The molecule has 2 nitrogen and oxygen atoms in total. The zero-order valence-corrected chi connectivity index (χ0v) is 11.1. The summed E-state index contributed by atoms with van der Waals surface area (Å²) >= 11 is 0. The van der Waals surface area contributed by atoms with E-state index >= 15 is 0 Å². The van der Waals surface area contributed by atoms with Crippen LogP contribution in [0.15, 0.2) is 0 Å². The molecule has 0 saturated carbocycles. The summed E-state index contributed by atoms with van der Waals surface area (Å²) in [6, 6.07) is 0. The van der Waals surface area contributed by atoms with E-state index in [2.05, 4.69) is 26.1 Å². The van der Waals surface area contributed by atoms with Gasteiger partial charge in [0.05, 0.1) is 5.54 Å². The first-order valence-corrected chi connectivity index (χ1v) is 6.90. The van der Waals surface area contributed by atoms with Gasteiger partial charge in [0.2, 0.25) is 0 Å². The van der Waals surface area contributed by atoms with Gasteiger partial charge in [-0.25, -0.2) is 0 Å². The lowest BCUT2D eigenvalue weighted by Gasteiger charge is -2.25. The Labute approximate surface area is 100 Å². The van der Waals surface area contributed by atoms with Gasteiger partial charge in [-0.1, -0.05) is 39.5 Å². The Bertz CT molecular complexity index is 219. The van der Waals surface area contributed by atoms with Crippen LogP contribution >= 0.6 is 0 Å². The molecule has 0 aliphatic carbocycles. The van der Waals surface area contributed by atoms with Gasteiger partial charge in [0.15, 0.2) is 5.78 Å². The van der Waals surface area contributed by atoms with Gasteiger partial charge < -0.3 is 5.32 Å². The Morgan fingerprint density at radius 1 is 1.44 bits per heavy atom. The van der Waals surface area contributed by atoms with Crippen LogP contribution in [0.2, 0.25) is 0 Å². The van der Waals surface area contributed by atoms with Crippen LogP contribution in [-0.2, 0) is 4.79 Å². The molecule has 0 spiro atoms. The standard InChI is InChI=1S/C14H27NO/c1-4-6-8-12(5-2)11-13(16)14(3)9-7-10-15-14/h12,15H,4-11H2,1-3H3. The number of carbonyl (C=O) groups excluding carboxylic acids is 1. The molecular formula is C14H27NO. The van der Waals surface area contributed by atoms with Crippen molar-refractivity contribution in [2.45, 2.75) is 71.3 Å². The van der Waals surface area contributed by atoms with Crippen LogP contribution in [0.4, 0.5) is 0 Å². The zero-order valence-electron chi connectivity index (χ0n) is 11.1. The topological polar surface area (TPSA) is 29.1 Å². The van der Waals surface area contributed by atoms with Crippen molar-refractivity contribution in [1.29, 1.82) is 0 Å². The minimum absolute atomic E-state index is 0.209. The Balaban J connectivity index is 2.41. The molecule has 0 amide bonds. The second kappa shape index (κ2) is 6.39. The third-order valence-electron chi connectivity index (χ3n) is 4.00. The van der Waals surface area contributed by atoms with Gasteiger partial charge in [-0.05, 0) is 32.2 Å². The van der Waals surface area contributed by atoms with Gasteiger partial charge >= 0.3 is 0 Å². The summed E-state index contributed by atoms with van der Waals surface area (Å²) in [7, 11) is 0. The van der Waals surface area contributed by atoms with Crippen LogP contribution in [0, 0.1) is 5.92 Å². The maximum Gasteiger partial charge on any atom is 0.152 e. The molecule has 1 saturated heterocycles. The van der Waals surface area contributed by atoms with Gasteiger partial charge in [0.1, 0.15) is 0 Å². The van der Waals surface area contributed by atoms with E-state index in [-0.39, 0.29) is 5.54 Å². The van der Waals surface area contributed by atoms with Gasteiger partial charge in [-0.15, -0.1) is 0 Å². The number of Topliss-reactive ketones (excluding diaryl/α,β-unsaturated/α-hetero) is 1. The molecule has 2 atom stereocenters. The van der Waals surface area contributed by atoms with Gasteiger partial charge in [-0.3, -0.25) is 4.79 Å². The van der Waals surface area contributed by atoms with Crippen molar-refractivity contribution < 1.29 is 4.79 Å². The molecule has 2 heteroatoms. The lowest BCUT2D eigenvalue weighted by molar-refractivity contribution is -0.125. The van der Waals surface area contributed by atoms with Crippen LogP contribution in [0.1, 0.15) is 65.7 Å². The first-order chi connectivity index (χ1) is 7.62. The summed E-state index contributed by atoms with van der Waals surface area (Å²) in [4.78, 5) is 12.2. The molecule has 1 rings (SSSR count). The SMILES string of the molecule is CCCCC(CC)CC(=O)C1(C)CCCN1. The third kappa shape index (κ3) is 3.58. The summed E-state index contributed by atoms with van der Waals surface area (Å²) in [6.07, 6.45) is 7.80. The molecule has 16 heavy (non-hydrogen) atoms. The average molecular weight is 225 g/mol. The van der Waals surface area contributed by atoms with Crippen molar-refractivity contribution in [2.75, 3.05) is 6.54 Å². The van der Waals surface area contributed by atoms with Crippen molar-refractivity contribution in [3.63, 3.8) is 0 Å². The molecule has 0 radical (unpaired) electrons. The highest BCUT2D eigenvalue weighted by Gasteiger charge is 2.35. The fourth-order valence-electron chi connectivity index (χ4n) is 2.56. The molecule has 0 aromatic heterocycles. The number of ketones is 1. The highest BCUT2D eigenvalue weighted by Crippen LogP contribution is 2.25. The van der Waals surface area contributed by atoms with Gasteiger partial charge in [0, 0.05) is 6.42 Å². The smallest absolute Gasteiger partial charge is 0.152 e. The van der Waals surface area contributed by atoms with Crippen molar-refractivity contribution in [3.05, 3.63) is 0 Å². The van der Waals surface area contributed by atoms with Crippen LogP contribution in [0.3, 0.4) is 0 Å². The molecule has 1 heterocycles. The Morgan fingerprint density at radius 2 is 2.19 bits per heavy atom. The lowest BCUT2D eigenvalue weighted by atomic mass is 9.85. The van der Waals surface area contributed by atoms with Crippen molar-refractivity contribution in [1.82, 2.24) is 5.32 Å². The zero-order chi connectivity index (χ0) is 12.0. The largest absolute Gasteiger partial charge is 0.305 e. The average Bonchev–Trinajstić information content (AvgIpc) is 2.72.